The third-order valence-corrected chi connectivity index (χ3v) is 2.06. The number of aryl methyl sites for hydroxylation is 1. The Bertz CT molecular complexity index is 517. The lowest BCUT2D eigenvalue weighted by Crippen LogP contribution is -2.16. The minimum absolute atomic E-state index is 0.146. The molecule has 0 aliphatic carbocycles. The minimum atomic E-state index is -4.99. The van der Waals surface area contributed by atoms with Crippen LogP contribution in [0.15, 0.2) is 22.6 Å². The van der Waals surface area contributed by atoms with Gasteiger partial charge in [-0.3, -0.25) is 0 Å². The number of nitrogens with zero attached hydrogens (tertiary/aromatic N) is 1. The van der Waals surface area contributed by atoms with Gasteiger partial charge in [-0.1, -0.05) is 6.07 Å². The molecule has 1 atom stereocenters. The number of alkyl halides is 4. The van der Waals surface area contributed by atoms with Crippen LogP contribution < -0.4 is 0 Å². The quantitative estimate of drug-likeness (QED) is 0.702. The van der Waals surface area contributed by atoms with Crippen molar-refractivity contribution in [1.29, 1.82) is 0 Å². The van der Waals surface area contributed by atoms with Crippen molar-refractivity contribution >= 4 is 11.1 Å². The van der Waals surface area contributed by atoms with Gasteiger partial charge in [-0.25, -0.2) is 9.37 Å². The van der Waals surface area contributed by atoms with E-state index in [4.69, 9.17) is 4.42 Å². The highest BCUT2D eigenvalue weighted by Crippen LogP contribution is 2.36. The summed E-state index contributed by atoms with van der Waals surface area (Å²) in [6, 6.07) is 4.65. The largest absolute Gasteiger partial charge is 0.437 e. The average molecular weight is 233 g/mol. The molecule has 16 heavy (non-hydrogen) atoms. The Morgan fingerprint density at radius 1 is 1.31 bits per heavy atom. The Labute approximate surface area is 87.9 Å². The second-order valence-corrected chi connectivity index (χ2v) is 3.43. The smallest absolute Gasteiger partial charge is 0.428 e. The van der Waals surface area contributed by atoms with Crippen LogP contribution in [0.4, 0.5) is 17.6 Å². The lowest BCUT2D eigenvalue weighted by molar-refractivity contribution is -0.188. The van der Waals surface area contributed by atoms with E-state index in [2.05, 4.69) is 4.98 Å². The average Bonchev–Trinajstić information content (AvgIpc) is 2.57. The Kier molecular flexibility index (Phi) is 2.36. The standard InChI is InChI=1S/C10H7F4NO/c1-5-2-3-7-6(4-5)15-9(16-7)8(11)10(12,13)14/h2-4,8H,1H3. The predicted octanol–water partition coefficient (Wildman–Crippen LogP) is 3.71. The summed E-state index contributed by atoms with van der Waals surface area (Å²) in [4.78, 5) is 3.48. The number of oxazole rings is 1. The van der Waals surface area contributed by atoms with Gasteiger partial charge in [0, 0.05) is 0 Å². The molecule has 0 bridgehead atoms. The first-order valence-electron chi connectivity index (χ1n) is 4.46. The molecule has 0 aliphatic rings. The highest BCUT2D eigenvalue weighted by atomic mass is 19.4. The van der Waals surface area contributed by atoms with Crippen molar-refractivity contribution in [2.75, 3.05) is 0 Å². The second-order valence-electron chi connectivity index (χ2n) is 3.43. The van der Waals surface area contributed by atoms with Crippen molar-refractivity contribution in [3.8, 4) is 0 Å². The fraction of sp³-hybridized carbons (Fsp3) is 0.300. The molecule has 0 aliphatic heterocycles. The molecule has 1 aromatic carbocycles. The van der Waals surface area contributed by atoms with E-state index < -0.39 is 18.2 Å². The van der Waals surface area contributed by atoms with Gasteiger partial charge in [0.1, 0.15) is 5.52 Å². The van der Waals surface area contributed by atoms with Gasteiger partial charge in [0.25, 0.3) is 6.17 Å². The molecule has 0 amide bonds. The van der Waals surface area contributed by atoms with Crippen LogP contribution in [0.1, 0.15) is 17.6 Å². The van der Waals surface area contributed by atoms with E-state index in [0.29, 0.717) is 0 Å². The molecule has 2 aromatic rings. The fourth-order valence-corrected chi connectivity index (χ4v) is 1.30. The molecule has 6 heteroatoms. The van der Waals surface area contributed by atoms with Crippen molar-refractivity contribution in [3.05, 3.63) is 29.7 Å². The van der Waals surface area contributed by atoms with E-state index in [1.54, 1.807) is 13.0 Å². The molecule has 2 nitrogen and oxygen atoms in total. The topological polar surface area (TPSA) is 26.0 Å². The molecule has 0 spiro atoms. The first-order valence-corrected chi connectivity index (χ1v) is 4.46. The number of fused-ring (bicyclic) bond motifs is 1. The summed E-state index contributed by atoms with van der Waals surface area (Å²) in [6.07, 6.45) is -8.17. The third kappa shape index (κ3) is 1.87. The first kappa shape index (κ1) is 10.9. The highest BCUT2D eigenvalue weighted by molar-refractivity contribution is 5.73. The number of halogens is 4. The van der Waals surface area contributed by atoms with Crippen molar-refractivity contribution < 1.29 is 22.0 Å². The molecule has 0 radical (unpaired) electrons. The Hall–Kier alpha value is -1.59. The van der Waals surface area contributed by atoms with Gasteiger partial charge in [0.15, 0.2) is 5.58 Å². The maximum atomic E-state index is 12.9. The minimum Gasteiger partial charge on any atom is -0.437 e. The molecule has 2 rings (SSSR count). The number of aromatic nitrogens is 1. The Morgan fingerprint density at radius 2 is 2.00 bits per heavy atom. The highest BCUT2D eigenvalue weighted by Gasteiger charge is 2.44. The molecule has 0 saturated heterocycles. The summed E-state index contributed by atoms with van der Waals surface area (Å²) in [5.41, 5.74) is 1.18. The Balaban J connectivity index is 2.47. The van der Waals surface area contributed by atoms with Crippen LogP contribution >= 0.6 is 0 Å². The zero-order valence-electron chi connectivity index (χ0n) is 8.18. The Morgan fingerprint density at radius 3 is 2.62 bits per heavy atom. The lowest BCUT2D eigenvalue weighted by Gasteiger charge is -2.07. The summed E-state index contributed by atoms with van der Waals surface area (Å²) < 4.78 is 53.8. The molecule has 0 N–H and O–H groups in total. The van der Waals surface area contributed by atoms with Gasteiger partial charge in [-0.15, -0.1) is 0 Å². The number of rotatable bonds is 1. The molecular formula is C10H7F4NO. The fourth-order valence-electron chi connectivity index (χ4n) is 1.30. The summed E-state index contributed by atoms with van der Waals surface area (Å²) in [5.74, 6) is -0.951. The summed E-state index contributed by atoms with van der Waals surface area (Å²) >= 11 is 0. The monoisotopic (exact) mass is 233 g/mol. The first-order chi connectivity index (χ1) is 7.38. The van der Waals surface area contributed by atoms with Crippen LogP contribution in [0.2, 0.25) is 0 Å². The molecule has 0 saturated carbocycles. The van der Waals surface area contributed by atoms with Crippen LogP contribution in [0, 0.1) is 6.92 Å². The van der Waals surface area contributed by atoms with E-state index in [0.717, 1.165) is 5.56 Å². The van der Waals surface area contributed by atoms with Gasteiger partial charge in [0.05, 0.1) is 0 Å². The van der Waals surface area contributed by atoms with Crippen molar-refractivity contribution in [2.24, 2.45) is 0 Å². The van der Waals surface area contributed by atoms with Crippen LogP contribution in [0.3, 0.4) is 0 Å². The molecule has 1 unspecified atom stereocenters. The van der Waals surface area contributed by atoms with Gasteiger partial charge < -0.3 is 4.42 Å². The molecule has 0 fully saturated rings. The van der Waals surface area contributed by atoms with Crippen molar-refractivity contribution in [1.82, 2.24) is 4.98 Å². The van der Waals surface area contributed by atoms with E-state index in [1.807, 2.05) is 0 Å². The van der Waals surface area contributed by atoms with Crippen LogP contribution in [0.5, 0.6) is 0 Å². The van der Waals surface area contributed by atoms with E-state index in [-0.39, 0.29) is 11.1 Å². The number of benzene rings is 1. The van der Waals surface area contributed by atoms with Gasteiger partial charge in [-0.2, -0.15) is 13.2 Å². The molecule has 1 aromatic heterocycles. The third-order valence-electron chi connectivity index (χ3n) is 2.06. The van der Waals surface area contributed by atoms with E-state index in [9.17, 15) is 17.6 Å². The molecule has 1 heterocycles. The zero-order valence-corrected chi connectivity index (χ0v) is 8.18. The maximum absolute atomic E-state index is 12.9. The van der Waals surface area contributed by atoms with Gasteiger partial charge in [0.2, 0.25) is 5.89 Å². The zero-order chi connectivity index (χ0) is 11.9. The second kappa shape index (κ2) is 3.47. The summed E-state index contributed by atoms with van der Waals surface area (Å²) in [6.45, 7) is 1.75. The van der Waals surface area contributed by atoms with Crippen LogP contribution in [-0.2, 0) is 0 Å². The molecule has 86 valence electrons. The van der Waals surface area contributed by atoms with E-state index >= 15 is 0 Å². The van der Waals surface area contributed by atoms with Crippen molar-refractivity contribution in [3.63, 3.8) is 0 Å². The van der Waals surface area contributed by atoms with Crippen LogP contribution in [0.25, 0.3) is 11.1 Å². The van der Waals surface area contributed by atoms with Gasteiger partial charge in [-0.05, 0) is 24.6 Å². The van der Waals surface area contributed by atoms with Crippen molar-refractivity contribution in [2.45, 2.75) is 19.3 Å². The summed E-state index contributed by atoms with van der Waals surface area (Å²) in [7, 11) is 0. The number of hydrogen-bond acceptors (Lipinski definition) is 2. The lowest BCUT2D eigenvalue weighted by atomic mass is 10.2. The normalized spacial score (nSPS) is 14.3. The predicted molar refractivity (Wildman–Crippen MR) is 48.7 cm³/mol. The van der Waals surface area contributed by atoms with Crippen LogP contribution in [-0.4, -0.2) is 11.2 Å². The maximum Gasteiger partial charge on any atom is 0.428 e. The number of hydrogen-bond donors (Lipinski definition) is 0. The SMILES string of the molecule is Cc1ccc2oc(C(F)C(F)(F)F)nc2c1. The summed E-state index contributed by atoms with van der Waals surface area (Å²) in [5, 5.41) is 0. The van der Waals surface area contributed by atoms with Gasteiger partial charge >= 0.3 is 6.18 Å². The van der Waals surface area contributed by atoms with E-state index in [1.165, 1.54) is 12.1 Å². The molecular weight excluding hydrogens is 226 g/mol.